The van der Waals surface area contributed by atoms with Gasteiger partial charge in [-0.05, 0) is 40.6 Å². The molecule has 0 saturated carbocycles. The maximum atomic E-state index is 12.9. The number of pyridine rings is 1. The van der Waals surface area contributed by atoms with Crippen LogP contribution >= 0.6 is 0 Å². The summed E-state index contributed by atoms with van der Waals surface area (Å²) in [5.74, 6) is 1.29. The van der Waals surface area contributed by atoms with E-state index in [0.717, 1.165) is 27.5 Å². The van der Waals surface area contributed by atoms with Crippen LogP contribution < -0.4 is 14.8 Å². The van der Waals surface area contributed by atoms with Crippen LogP contribution in [-0.4, -0.2) is 17.7 Å². The molecule has 0 spiro atoms. The first-order valence-corrected chi connectivity index (χ1v) is 8.73. The predicted molar refractivity (Wildman–Crippen MR) is 103 cm³/mol. The molecule has 5 nitrogen and oxygen atoms in total. The SMILES string of the molecule is O=C(NCc1ccc2c(c1)OCO2)c1cc2ccccc2c2cccnc12. The molecule has 0 bridgehead atoms. The van der Waals surface area contributed by atoms with Crippen molar-refractivity contribution in [2.45, 2.75) is 6.54 Å². The number of aromatic nitrogens is 1. The molecule has 5 rings (SSSR count). The van der Waals surface area contributed by atoms with Gasteiger partial charge >= 0.3 is 0 Å². The van der Waals surface area contributed by atoms with Crippen molar-refractivity contribution < 1.29 is 14.3 Å². The maximum Gasteiger partial charge on any atom is 0.253 e. The monoisotopic (exact) mass is 356 g/mol. The lowest BCUT2D eigenvalue weighted by Crippen LogP contribution is -2.23. The van der Waals surface area contributed by atoms with E-state index in [0.29, 0.717) is 23.4 Å². The molecule has 5 heteroatoms. The van der Waals surface area contributed by atoms with Gasteiger partial charge in [-0.25, -0.2) is 0 Å². The lowest BCUT2D eigenvalue weighted by Gasteiger charge is -2.10. The van der Waals surface area contributed by atoms with Crippen LogP contribution in [-0.2, 0) is 6.54 Å². The van der Waals surface area contributed by atoms with Gasteiger partial charge in [-0.3, -0.25) is 9.78 Å². The molecule has 27 heavy (non-hydrogen) atoms. The molecule has 0 fully saturated rings. The first-order chi connectivity index (χ1) is 13.3. The quantitative estimate of drug-likeness (QED) is 0.563. The number of amides is 1. The van der Waals surface area contributed by atoms with Crippen LogP contribution in [0.2, 0.25) is 0 Å². The number of hydrogen-bond acceptors (Lipinski definition) is 4. The Bertz CT molecular complexity index is 1190. The van der Waals surface area contributed by atoms with E-state index in [-0.39, 0.29) is 12.7 Å². The van der Waals surface area contributed by atoms with Crippen molar-refractivity contribution in [1.82, 2.24) is 10.3 Å². The molecule has 0 aliphatic carbocycles. The van der Waals surface area contributed by atoms with Gasteiger partial charge in [-0.2, -0.15) is 0 Å². The molecule has 0 saturated heterocycles. The Morgan fingerprint density at radius 3 is 2.78 bits per heavy atom. The first-order valence-electron chi connectivity index (χ1n) is 8.73. The van der Waals surface area contributed by atoms with E-state index in [1.807, 2.05) is 60.7 Å². The second kappa shape index (κ2) is 6.29. The molecule has 0 unspecified atom stereocenters. The third-order valence-corrected chi connectivity index (χ3v) is 4.75. The van der Waals surface area contributed by atoms with E-state index in [1.165, 1.54) is 0 Å². The highest BCUT2D eigenvalue weighted by molar-refractivity contribution is 6.15. The molecular weight excluding hydrogens is 340 g/mol. The van der Waals surface area contributed by atoms with Gasteiger partial charge < -0.3 is 14.8 Å². The number of rotatable bonds is 3. The zero-order valence-electron chi connectivity index (χ0n) is 14.4. The summed E-state index contributed by atoms with van der Waals surface area (Å²) in [5.41, 5.74) is 2.23. The molecular formula is C22H16N2O3. The van der Waals surface area contributed by atoms with Crippen molar-refractivity contribution >= 4 is 27.6 Å². The fraction of sp³-hybridized carbons (Fsp3) is 0.0909. The fourth-order valence-corrected chi connectivity index (χ4v) is 3.43. The average molecular weight is 356 g/mol. The molecule has 1 aliphatic heterocycles. The molecule has 1 amide bonds. The van der Waals surface area contributed by atoms with Crippen LogP contribution in [0.1, 0.15) is 15.9 Å². The minimum absolute atomic E-state index is 0.151. The molecule has 1 aromatic heterocycles. The number of ether oxygens (including phenoxy) is 2. The topological polar surface area (TPSA) is 60.5 Å². The van der Waals surface area contributed by atoms with Crippen molar-refractivity contribution in [2.75, 3.05) is 6.79 Å². The number of hydrogen-bond donors (Lipinski definition) is 1. The van der Waals surface area contributed by atoms with Crippen LogP contribution in [0.25, 0.3) is 21.7 Å². The summed E-state index contributed by atoms with van der Waals surface area (Å²) in [6.45, 7) is 0.635. The second-order valence-electron chi connectivity index (χ2n) is 6.42. The van der Waals surface area contributed by atoms with Gasteiger partial charge in [0.05, 0.1) is 11.1 Å². The van der Waals surface area contributed by atoms with Gasteiger partial charge in [0.15, 0.2) is 11.5 Å². The first kappa shape index (κ1) is 15.6. The van der Waals surface area contributed by atoms with Crippen LogP contribution in [0.3, 0.4) is 0 Å². The zero-order chi connectivity index (χ0) is 18.2. The number of carbonyl (C=O) groups is 1. The number of fused-ring (bicyclic) bond motifs is 4. The largest absolute Gasteiger partial charge is 0.454 e. The van der Waals surface area contributed by atoms with Crippen LogP contribution in [0.4, 0.5) is 0 Å². The molecule has 0 radical (unpaired) electrons. The van der Waals surface area contributed by atoms with E-state index in [4.69, 9.17) is 9.47 Å². The summed E-state index contributed by atoms with van der Waals surface area (Å²) < 4.78 is 10.7. The Morgan fingerprint density at radius 2 is 1.81 bits per heavy atom. The Balaban J connectivity index is 1.48. The molecule has 1 N–H and O–H groups in total. The third kappa shape index (κ3) is 2.73. The van der Waals surface area contributed by atoms with E-state index in [1.54, 1.807) is 6.20 Å². The number of benzene rings is 3. The van der Waals surface area contributed by atoms with Gasteiger partial charge in [-0.1, -0.05) is 36.4 Å². The predicted octanol–water partition coefficient (Wildman–Crippen LogP) is 4.05. The van der Waals surface area contributed by atoms with Crippen molar-refractivity contribution in [3.63, 3.8) is 0 Å². The highest BCUT2D eigenvalue weighted by atomic mass is 16.7. The van der Waals surface area contributed by atoms with Gasteiger partial charge in [0, 0.05) is 18.1 Å². The van der Waals surface area contributed by atoms with E-state index in [2.05, 4.69) is 10.3 Å². The van der Waals surface area contributed by atoms with Gasteiger partial charge in [0.25, 0.3) is 5.91 Å². The third-order valence-electron chi connectivity index (χ3n) is 4.75. The zero-order valence-corrected chi connectivity index (χ0v) is 14.4. The fourth-order valence-electron chi connectivity index (χ4n) is 3.43. The maximum absolute atomic E-state index is 12.9. The molecule has 4 aromatic rings. The molecule has 3 aromatic carbocycles. The molecule has 132 valence electrons. The Hall–Kier alpha value is -3.60. The van der Waals surface area contributed by atoms with E-state index in [9.17, 15) is 4.79 Å². The van der Waals surface area contributed by atoms with Crippen LogP contribution in [0.15, 0.2) is 66.9 Å². The lowest BCUT2D eigenvalue weighted by atomic mass is 10.0. The van der Waals surface area contributed by atoms with Crippen molar-refractivity contribution in [3.05, 3.63) is 78.0 Å². The van der Waals surface area contributed by atoms with Crippen molar-refractivity contribution in [2.24, 2.45) is 0 Å². The number of nitrogens with zero attached hydrogens (tertiary/aromatic N) is 1. The number of nitrogens with one attached hydrogen (secondary N) is 1. The van der Waals surface area contributed by atoms with Crippen molar-refractivity contribution in [1.29, 1.82) is 0 Å². The average Bonchev–Trinajstić information content (AvgIpc) is 3.19. The van der Waals surface area contributed by atoms with Gasteiger partial charge in [-0.15, -0.1) is 0 Å². The molecule has 1 aliphatic rings. The standard InChI is InChI=1S/C22H16N2O3/c25-22(24-12-14-7-8-19-20(10-14)27-13-26-19)18-11-15-4-1-2-5-16(15)17-6-3-9-23-21(17)18/h1-11H,12-13H2,(H,24,25). The highest BCUT2D eigenvalue weighted by Crippen LogP contribution is 2.32. The van der Waals surface area contributed by atoms with E-state index < -0.39 is 0 Å². The summed E-state index contributed by atoms with van der Waals surface area (Å²) in [7, 11) is 0. The van der Waals surface area contributed by atoms with Crippen LogP contribution in [0.5, 0.6) is 11.5 Å². The summed E-state index contributed by atoms with van der Waals surface area (Å²) in [5, 5.41) is 6.07. The normalized spacial score (nSPS) is 12.4. The highest BCUT2D eigenvalue weighted by Gasteiger charge is 2.16. The Labute approximate surface area is 155 Å². The van der Waals surface area contributed by atoms with E-state index >= 15 is 0 Å². The summed E-state index contributed by atoms with van der Waals surface area (Å²) >= 11 is 0. The second-order valence-corrected chi connectivity index (χ2v) is 6.42. The van der Waals surface area contributed by atoms with Crippen molar-refractivity contribution in [3.8, 4) is 11.5 Å². The minimum atomic E-state index is -0.151. The number of carbonyl (C=O) groups excluding carboxylic acids is 1. The summed E-state index contributed by atoms with van der Waals surface area (Å²) in [6, 6.07) is 19.5. The van der Waals surface area contributed by atoms with Gasteiger partial charge in [0.1, 0.15) is 0 Å². The lowest BCUT2D eigenvalue weighted by molar-refractivity contribution is 0.0952. The molecule has 2 heterocycles. The Morgan fingerprint density at radius 1 is 0.963 bits per heavy atom. The van der Waals surface area contributed by atoms with Gasteiger partial charge in [0.2, 0.25) is 6.79 Å². The molecule has 0 atom stereocenters. The summed E-state index contributed by atoms with van der Waals surface area (Å²) in [4.78, 5) is 17.4. The summed E-state index contributed by atoms with van der Waals surface area (Å²) in [6.07, 6.45) is 1.71. The minimum Gasteiger partial charge on any atom is -0.454 e. The van der Waals surface area contributed by atoms with Crippen LogP contribution in [0, 0.1) is 0 Å². The Kier molecular flexibility index (Phi) is 3.64. The smallest absolute Gasteiger partial charge is 0.253 e.